The number of likely N-dealkylation sites (N-methyl/N-ethyl adjacent to an activating group) is 2. The smallest absolute Gasteiger partial charge is 0.244 e. The lowest BCUT2D eigenvalue weighted by Crippen LogP contribution is -2.35. The lowest BCUT2D eigenvalue weighted by Gasteiger charge is -2.20. The molecule has 0 bridgehead atoms. The lowest BCUT2D eigenvalue weighted by atomic mass is 10.2. The minimum atomic E-state index is -0.128. The first-order valence-corrected chi connectivity index (χ1v) is 9.27. The van der Waals surface area contributed by atoms with Crippen molar-refractivity contribution in [3.8, 4) is 34.3 Å². The van der Waals surface area contributed by atoms with Crippen molar-refractivity contribution in [3.05, 3.63) is 48.5 Å². The first-order valence-electron chi connectivity index (χ1n) is 9.27. The molecule has 0 spiro atoms. The molecule has 3 aromatic rings. The van der Waals surface area contributed by atoms with Crippen LogP contribution in [0.5, 0.6) is 11.5 Å². The Morgan fingerprint density at radius 3 is 2.10 bits per heavy atom. The first kappa shape index (κ1) is 20.3. The summed E-state index contributed by atoms with van der Waals surface area (Å²) in [6.45, 7) is 1.29. The van der Waals surface area contributed by atoms with Gasteiger partial charge in [0.05, 0.1) is 11.1 Å². The molecule has 1 heterocycles. The Bertz CT molecular complexity index is 999. The van der Waals surface area contributed by atoms with Gasteiger partial charge in [0.2, 0.25) is 5.91 Å². The third kappa shape index (κ3) is 4.72. The normalized spacial score (nSPS) is 11.0. The van der Waals surface area contributed by atoms with E-state index in [1.165, 1.54) is 4.68 Å². The zero-order valence-electron chi connectivity index (χ0n) is 16.8. The van der Waals surface area contributed by atoms with Crippen LogP contribution < -0.4 is 0 Å². The van der Waals surface area contributed by atoms with Crippen LogP contribution >= 0.6 is 0 Å². The zero-order valence-corrected chi connectivity index (χ0v) is 16.8. The van der Waals surface area contributed by atoms with E-state index in [1.807, 2.05) is 19.0 Å². The highest BCUT2D eigenvalue weighted by atomic mass is 16.3. The number of rotatable bonds is 7. The molecule has 0 aliphatic carbocycles. The molecule has 0 fully saturated rings. The van der Waals surface area contributed by atoms with Crippen molar-refractivity contribution in [2.75, 3.05) is 34.2 Å². The van der Waals surface area contributed by atoms with Crippen molar-refractivity contribution >= 4 is 5.91 Å². The number of aromatic hydroxyl groups is 2. The summed E-state index contributed by atoms with van der Waals surface area (Å²) in [6, 6.07) is 13.5. The molecule has 0 aliphatic rings. The van der Waals surface area contributed by atoms with Crippen LogP contribution in [-0.4, -0.2) is 74.9 Å². The Kier molecular flexibility index (Phi) is 6.13. The summed E-state index contributed by atoms with van der Waals surface area (Å²) in [7, 11) is 5.64. The molecule has 0 aliphatic heterocycles. The maximum absolute atomic E-state index is 12.7. The van der Waals surface area contributed by atoms with Crippen LogP contribution in [0.25, 0.3) is 22.8 Å². The molecule has 152 valence electrons. The molecule has 29 heavy (non-hydrogen) atoms. The molecule has 0 saturated carbocycles. The van der Waals surface area contributed by atoms with Crippen LogP contribution in [0.15, 0.2) is 48.5 Å². The van der Waals surface area contributed by atoms with Gasteiger partial charge < -0.3 is 20.0 Å². The van der Waals surface area contributed by atoms with Crippen molar-refractivity contribution in [3.63, 3.8) is 0 Å². The highest BCUT2D eigenvalue weighted by Gasteiger charge is 2.20. The number of amides is 1. The molecule has 8 heteroatoms. The Labute approximate surface area is 169 Å². The summed E-state index contributed by atoms with van der Waals surface area (Å²) in [4.78, 5) is 20.9. The number of phenolic OH excluding ortho intramolecular Hbond substituents is 2. The summed E-state index contributed by atoms with van der Waals surface area (Å²) in [5, 5.41) is 24.9. The molecular weight excluding hydrogens is 370 g/mol. The second kappa shape index (κ2) is 8.74. The van der Waals surface area contributed by atoms with Gasteiger partial charge in [0.25, 0.3) is 0 Å². The minimum absolute atomic E-state index is 0.0335. The van der Waals surface area contributed by atoms with Gasteiger partial charge in [0.1, 0.15) is 18.0 Å². The van der Waals surface area contributed by atoms with E-state index in [4.69, 9.17) is 0 Å². The average Bonchev–Trinajstić information content (AvgIpc) is 3.10. The number of benzene rings is 2. The predicted octanol–water partition coefficient (Wildman–Crippen LogP) is 2.04. The molecule has 8 nitrogen and oxygen atoms in total. The van der Waals surface area contributed by atoms with Gasteiger partial charge >= 0.3 is 0 Å². The fourth-order valence-corrected chi connectivity index (χ4v) is 2.81. The van der Waals surface area contributed by atoms with E-state index in [-0.39, 0.29) is 29.8 Å². The van der Waals surface area contributed by atoms with Crippen molar-refractivity contribution in [1.29, 1.82) is 0 Å². The van der Waals surface area contributed by atoms with Crippen LogP contribution in [-0.2, 0) is 11.3 Å². The van der Waals surface area contributed by atoms with Crippen LogP contribution in [0, 0.1) is 0 Å². The fraction of sp³-hybridized carbons (Fsp3) is 0.286. The van der Waals surface area contributed by atoms with Gasteiger partial charge in [0.15, 0.2) is 11.6 Å². The molecule has 2 aromatic carbocycles. The van der Waals surface area contributed by atoms with Crippen molar-refractivity contribution in [2.24, 2.45) is 0 Å². The molecule has 0 unspecified atom stereocenters. The van der Waals surface area contributed by atoms with E-state index in [1.54, 1.807) is 60.5 Å². The molecule has 1 aromatic heterocycles. The molecule has 0 saturated heterocycles. The zero-order chi connectivity index (χ0) is 21.0. The first-order chi connectivity index (χ1) is 13.9. The van der Waals surface area contributed by atoms with Crippen LogP contribution in [0.4, 0.5) is 0 Å². The lowest BCUT2D eigenvalue weighted by molar-refractivity contribution is -0.130. The Morgan fingerprint density at radius 1 is 0.931 bits per heavy atom. The number of nitrogens with zero attached hydrogens (tertiary/aromatic N) is 5. The van der Waals surface area contributed by atoms with E-state index in [9.17, 15) is 15.0 Å². The SMILES string of the molecule is CN(C)CCN(C)C(=O)Cn1nc(-c2ccccc2O)nc1-c1ccccc1O. The quantitative estimate of drug-likeness (QED) is 0.636. The molecule has 0 atom stereocenters. The molecule has 3 rings (SSSR count). The highest BCUT2D eigenvalue weighted by molar-refractivity contribution is 5.77. The number of para-hydroxylation sites is 2. The molecular formula is C21H25N5O3. The maximum atomic E-state index is 12.7. The summed E-state index contributed by atoms with van der Waals surface area (Å²) in [5.74, 6) is 0.597. The van der Waals surface area contributed by atoms with Gasteiger partial charge in [-0.15, -0.1) is 5.10 Å². The Morgan fingerprint density at radius 2 is 1.52 bits per heavy atom. The van der Waals surface area contributed by atoms with E-state index in [0.29, 0.717) is 23.5 Å². The Balaban J connectivity index is 1.97. The summed E-state index contributed by atoms with van der Waals surface area (Å²) < 4.78 is 1.46. The van der Waals surface area contributed by atoms with E-state index in [0.717, 1.165) is 6.54 Å². The summed E-state index contributed by atoms with van der Waals surface area (Å²) in [5.41, 5.74) is 0.918. The highest BCUT2D eigenvalue weighted by Crippen LogP contribution is 2.31. The number of carbonyl (C=O) groups excluding carboxylic acids is 1. The largest absolute Gasteiger partial charge is 0.507 e. The fourth-order valence-electron chi connectivity index (χ4n) is 2.81. The van der Waals surface area contributed by atoms with Gasteiger partial charge in [-0.3, -0.25) is 4.79 Å². The molecule has 1 amide bonds. The molecule has 2 N–H and O–H groups in total. The standard InChI is InChI=1S/C21H25N5O3/c1-24(2)12-13-25(3)19(29)14-26-21(16-9-5-7-11-18(16)28)22-20(23-26)15-8-4-6-10-17(15)27/h4-11,27-28H,12-14H2,1-3H3. The van der Waals surface area contributed by atoms with Gasteiger partial charge in [-0.05, 0) is 38.4 Å². The Hall–Kier alpha value is -3.39. The van der Waals surface area contributed by atoms with Crippen LogP contribution in [0.2, 0.25) is 0 Å². The summed E-state index contributed by atoms with van der Waals surface area (Å²) in [6.07, 6.45) is 0. The average molecular weight is 395 g/mol. The van der Waals surface area contributed by atoms with Gasteiger partial charge in [-0.1, -0.05) is 24.3 Å². The molecule has 0 radical (unpaired) electrons. The minimum Gasteiger partial charge on any atom is -0.507 e. The number of phenols is 2. The summed E-state index contributed by atoms with van der Waals surface area (Å²) >= 11 is 0. The third-order valence-electron chi connectivity index (χ3n) is 4.56. The second-order valence-electron chi connectivity index (χ2n) is 7.07. The number of hydrogen-bond donors (Lipinski definition) is 2. The van der Waals surface area contributed by atoms with E-state index >= 15 is 0 Å². The monoisotopic (exact) mass is 395 g/mol. The van der Waals surface area contributed by atoms with Crippen molar-refractivity contribution < 1.29 is 15.0 Å². The second-order valence-corrected chi connectivity index (χ2v) is 7.07. The third-order valence-corrected chi connectivity index (χ3v) is 4.56. The predicted molar refractivity (Wildman–Crippen MR) is 110 cm³/mol. The van der Waals surface area contributed by atoms with Gasteiger partial charge in [-0.25, -0.2) is 9.67 Å². The van der Waals surface area contributed by atoms with Crippen LogP contribution in [0.1, 0.15) is 0 Å². The van der Waals surface area contributed by atoms with E-state index in [2.05, 4.69) is 10.1 Å². The van der Waals surface area contributed by atoms with E-state index < -0.39 is 0 Å². The number of aromatic nitrogens is 3. The van der Waals surface area contributed by atoms with Crippen LogP contribution in [0.3, 0.4) is 0 Å². The number of hydrogen-bond acceptors (Lipinski definition) is 6. The van der Waals surface area contributed by atoms with Gasteiger partial charge in [0, 0.05) is 20.1 Å². The maximum Gasteiger partial charge on any atom is 0.244 e. The van der Waals surface area contributed by atoms with Gasteiger partial charge in [-0.2, -0.15) is 0 Å². The number of carbonyl (C=O) groups is 1. The van der Waals surface area contributed by atoms with Crippen molar-refractivity contribution in [2.45, 2.75) is 6.54 Å². The topological polar surface area (TPSA) is 94.7 Å². The van der Waals surface area contributed by atoms with Crippen molar-refractivity contribution in [1.82, 2.24) is 24.6 Å².